The Morgan fingerprint density at radius 2 is 2.18 bits per heavy atom. The molecule has 0 aliphatic carbocycles. The first-order chi connectivity index (χ1) is 8.04. The molecular formula is C11H20N2O4. The molecule has 0 aromatic carbocycles. The summed E-state index contributed by atoms with van der Waals surface area (Å²) in [5.41, 5.74) is 5.67. The molecule has 0 aromatic rings. The van der Waals surface area contributed by atoms with Crippen LogP contribution in [0.3, 0.4) is 0 Å². The molecule has 6 nitrogen and oxygen atoms in total. The topological polar surface area (TPSA) is 104 Å². The van der Waals surface area contributed by atoms with Crippen molar-refractivity contribution in [1.82, 2.24) is 4.90 Å². The fraction of sp³-hybridized carbons (Fsp3) is 0.818. The van der Waals surface area contributed by atoms with E-state index < -0.39 is 12.0 Å². The van der Waals surface area contributed by atoms with Gasteiger partial charge in [-0.1, -0.05) is 0 Å². The van der Waals surface area contributed by atoms with Crippen LogP contribution in [0.15, 0.2) is 0 Å². The van der Waals surface area contributed by atoms with Gasteiger partial charge in [-0.25, -0.2) is 0 Å². The van der Waals surface area contributed by atoms with E-state index in [1.54, 1.807) is 4.90 Å². The third kappa shape index (κ3) is 4.32. The van der Waals surface area contributed by atoms with Gasteiger partial charge in [0.1, 0.15) is 0 Å². The number of carbonyl (C=O) groups excluding carboxylic acids is 1. The fourth-order valence-corrected chi connectivity index (χ4v) is 2.05. The van der Waals surface area contributed by atoms with Crippen LogP contribution in [0.4, 0.5) is 0 Å². The summed E-state index contributed by atoms with van der Waals surface area (Å²) in [6.07, 6.45) is 1.85. The molecule has 1 saturated heterocycles. The van der Waals surface area contributed by atoms with Crippen molar-refractivity contribution in [3.63, 3.8) is 0 Å². The average molecular weight is 244 g/mol. The molecule has 1 heterocycles. The van der Waals surface area contributed by atoms with Crippen LogP contribution in [-0.4, -0.2) is 52.7 Å². The van der Waals surface area contributed by atoms with E-state index in [-0.39, 0.29) is 31.3 Å². The smallest absolute Gasteiger partial charge is 0.303 e. The summed E-state index contributed by atoms with van der Waals surface area (Å²) < 4.78 is 0. The number of carboxylic acid groups (broad SMARTS) is 1. The summed E-state index contributed by atoms with van der Waals surface area (Å²) in [6.45, 7) is 1.25. The minimum Gasteiger partial charge on any atom is -0.481 e. The largest absolute Gasteiger partial charge is 0.481 e. The predicted molar refractivity (Wildman–Crippen MR) is 61.2 cm³/mol. The van der Waals surface area contributed by atoms with E-state index in [0.29, 0.717) is 13.1 Å². The molecule has 1 fully saturated rings. The normalized spacial score (nSPS) is 22.2. The zero-order chi connectivity index (χ0) is 12.8. The maximum Gasteiger partial charge on any atom is 0.303 e. The van der Waals surface area contributed by atoms with E-state index in [9.17, 15) is 9.59 Å². The van der Waals surface area contributed by atoms with Crippen LogP contribution in [0.1, 0.15) is 25.7 Å². The number of aliphatic hydroxyl groups is 1. The molecular weight excluding hydrogens is 224 g/mol. The highest BCUT2D eigenvalue weighted by Gasteiger charge is 2.26. The lowest BCUT2D eigenvalue weighted by molar-refractivity contribution is -0.138. The van der Waals surface area contributed by atoms with Gasteiger partial charge in [-0.2, -0.15) is 0 Å². The summed E-state index contributed by atoms with van der Waals surface area (Å²) >= 11 is 0. The molecule has 98 valence electrons. The number of hydrogen-bond donors (Lipinski definition) is 3. The van der Waals surface area contributed by atoms with Gasteiger partial charge in [-0.05, 0) is 25.2 Å². The molecule has 2 atom stereocenters. The summed E-state index contributed by atoms with van der Waals surface area (Å²) in [7, 11) is 0. The van der Waals surface area contributed by atoms with Crippen LogP contribution in [0.5, 0.6) is 0 Å². The second kappa shape index (κ2) is 6.56. The lowest BCUT2D eigenvalue weighted by atomic mass is 9.98. The van der Waals surface area contributed by atoms with Gasteiger partial charge in [0.2, 0.25) is 5.91 Å². The number of nitrogens with two attached hydrogens (primary N) is 1. The highest BCUT2D eigenvalue weighted by atomic mass is 16.4. The zero-order valence-corrected chi connectivity index (χ0v) is 9.84. The zero-order valence-electron chi connectivity index (χ0n) is 9.84. The molecule has 6 heteroatoms. The lowest BCUT2D eigenvalue weighted by Gasteiger charge is -2.33. The number of nitrogens with zero attached hydrogens (tertiary/aromatic N) is 1. The molecule has 0 spiro atoms. The molecule has 1 aliphatic heterocycles. The first kappa shape index (κ1) is 13.9. The number of rotatable bonds is 5. The second-order valence-electron chi connectivity index (χ2n) is 4.51. The Balaban J connectivity index is 2.42. The highest BCUT2D eigenvalue weighted by molar-refractivity contribution is 5.82. The van der Waals surface area contributed by atoms with E-state index in [1.165, 1.54) is 0 Å². The molecule has 17 heavy (non-hydrogen) atoms. The highest BCUT2D eigenvalue weighted by Crippen LogP contribution is 2.16. The summed E-state index contributed by atoms with van der Waals surface area (Å²) in [4.78, 5) is 23.9. The number of amides is 1. The molecule has 0 radical (unpaired) electrons. The van der Waals surface area contributed by atoms with Crippen LogP contribution >= 0.6 is 0 Å². The Morgan fingerprint density at radius 3 is 2.76 bits per heavy atom. The molecule has 0 bridgehead atoms. The van der Waals surface area contributed by atoms with E-state index in [2.05, 4.69) is 0 Å². The van der Waals surface area contributed by atoms with Crippen LogP contribution in [0, 0.1) is 5.92 Å². The summed E-state index contributed by atoms with van der Waals surface area (Å²) in [5, 5.41) is 17.6. The number of likely N-dealkylation sites (tertiary alicyclic amines) is 1. The number of piperidine rings is 1. The van der Waals surface area contributed by atoms with Crippen molar-refractivity contribution in [1.29, 1.82) is 0 Å². The number of aliphatic carboxylic acids is 1. The molecule has 1 rings (SSSR count). The van der Waals surface area contributed by atoms with Gasteiger partial charge in [-0.3, -0.25) is 9.59 Å². The van der Waals surface area contributed by atoms with Crippen molar-refractivity contribution in [3.8, 4) is 0 Å². The number of hydrogen-bond acceptors (Lipinski definition) is 4. The Hall–Kier alpha value is -1.14. The van der Waals surface area contributed by atoms with Crippen molar-refractivity contribution in [2.45, 2.75) is 31.7 Å². The van der Waals surface area contributed by atoms with Gasteiger partial charge in [0, 0.05) is 26.1 Å². The van der Waals surface area contributed by atoms with Gasteiger partial charge in [0.15, 0.2) is 0 Å². The standard InChI is InChI=1S/C11H20N2O4/c12-9(3-4-10(15)16)11(17)13-5-1-2-8(6-13)7-14/h8-9,14H,1-7,12H2,(H,15,16). The van der Waals surface area contributed by atoms with Gasteiger partial charge < -0.3 is 20.8 Å². The third-order valence-electron chi connectivity index (χ3n) is 3.08. The minimum atomic E-state index is -0.944. The van der Waals surface area contributed by atoms with Crippen molar-refractivity contribution in [2.24, 2.45) is 11.7 Å². The quantitative estimate of drug-likeness (QED) is 0.599. The predicted octanol–water partition coefficient (Wildman–Crippen LogP) is -0.591. The molecule has 0 aromatic heterocycles. The van der Waals surface area contributed by atoms with Crippen molar-refractivity contribution < 1.29 is 19.8 Å². The van der Waals surface area contributed by atoms with E-state index in [0.717, 1.165) is 12.8 Å². The second-order valence-corrected chi connectivity index (χ2v) is 4.51. The van der Waals surface area contributed by atoms with E-state index in [4.69, 9.17) is 15.9 Å². The molecule has 2 unspecified atom stereocenters. The third-order valence-corrected chi connectivity index (χ3v) is 3.08. The summed E-state index contributed by atoms with van der Waals surface area (Å²) in [6, 6.07) is -0.747. The maximum absolute atomic E-state index is 11.9. The van der Waals surface area contributed by atoms with E-state index in [1.807, 2.05) is 0 Å². The molecule has 1 amide bonds. The number of aliphatic hydroxyl groups excluding tert-OH is 1. The SMILES string of the molecule is NC(CCC(=O)O)C(=O)N1CCCC(CO)C1. The summed E-state index contributed by atoms with van der Waals surface area (Å²) in [5.74, 6) is -1.02. The van der Waals surface area contributed by atoms with Crippen molar-refractivity contribution in [3.05, 3.63) is 0 Å². The molecule has 4 N–H and O–H groups in total. The van der Waals surface area contributed by atoms with Gasteiger partial charge in [0.25, 0.3) is 0 Å². The average Bonchev–Trinajstić information content (AvgIpc) is 2.35. The molecule has 1 aliphatic rings. The van der Waals surface area contributed by atoms with Crippen LogP contribution in [-0.2, 0) is 9.59 Å². The van der Waals surface area contributed by atoms with Crippen LogP contribution < -0.4 is 5.73 Å². The first-order valence-electron chi connectivity index (χ1n) is 5.91. The van der Waals surface area contributed by atoms with Crippen LogP contribution in [0.2, 0.25) is 0 Å². The Kier molecular flexibility index (Phi) is 5.37. The van der Waals surface area contributed by atoms with Crippen LogP contribution in [0.25, 0.3) is 0 Å². The molecule has 0 saturated carbocycles. The number of carbonyl (C=O) groups is 2. The first-order valence-corrected chi connectivity index (χ1v) is 5.91. The minimum absolute atomic E-state index is 0.0775. The van der Waals surface area contributed by atoms with Crippen molar-refractivity contribution >= 4 is 11.9 Å². The Labute approximate surface area is 100 Å². The monoisotopic (exact) mass is 244 g/mol. The fourth-order valence-electron chi connectivity index (χ4n) is 2.05. The van der Waals surface area contributed by atoms with Crippen molar-refractivity contribution in [2.75, 3.05) is 19.7 Å². The lowest BCUT2D eigenvalue weighted by Crippen LogP contribution is -2.48. The maximum atomic E-state index is 11.9. The van der Waals surface area contributed by atoms with Gasteiger partial charge in [0.05, 0.1) is 6.04 Å². The Bertz CT molecular complexity index is 283. The number of carboxylic acids is 1. The Morgan fingerprint density at radius 1 is 1.47 bits per heavy atom. The van der Waals surface area contributed by atoms with Gasteiger partial charge >= 0.3 is 5.97 Å². The van der Waals surface area contributed by atoms with E-state index >= 15 is 0 Å². The van der Waals surface area contributed by atoms with Gasteiger partial charge in [-0.15, -0.1) is 0 Å².